The van der Waals surface area contributed by atoms with E-state index < -0.39 is 6.10 Å². The van der Waals surface area contributed by atoms with Crippen LogP contribution in [-0.4, -0.2) is 28.8 Å². The van der Waals surface area contributed by atoms with E-state index in [1.165, 1.54) is 5.56 Å². The lowest BCUT2D eigenvalue weighted by atomic mass is 10.0. The van der Waals surface area contributed by atoms with Crippen molar-refractivity contribution in [1.29, 1.82) is 0 Å². The molecule has 0 bridgehead atoms. The molecule has 2 aromatic rings. The molecule has 0 aromatic heterocycles. The van der Waals surface area contributed by atoms with Crippen LogP contribution in [0.5, 0.6) is 0 Å². The maximum atomic E-state index is 10.2. The van der Waals surface area contributed by atoms with Gasteiger partial charge in [0.05, 0.1) is 6.10 Å². The van der Waals surface area contributed by atoms with Crippen LogP contribution in [-0.2, 0) is 13.0 Å². The first kappa shape index (κ1) is 16.6. The third-order valence-corrected chi connectivity index (χ3v) is 3.74. The molecule has 5 N–H and O–H groups in total. The van der Waals surface area contributed by atoms with Gasteiger partial charge in [0.15, 0.2) is 0 Å². The Balaban J connectivity index is 1.82. The van der Waals surface area contributed by atoms with E-state index in [1.54, 1.807) is 5.01 Å². The first-order valence-corrected chi connectivity index (χ1v) is 7.57. The first-order chi connectivity index (χ1) is 10.5. The second-order valence-electron chi connectivity index (χ2n) is 5.84. The van der Waals surface area contributed by atoms with E-state index in [1.807, 2.05) is 42.5 Å². The highest BCUT2D eigenvalue weighted by Gasteiger charge is 2.17. The third kappa shape index (κ3) is 5.24. The van der Waals surface area contributed by atoms with Crippen molar-refractivity contribution in [3.8, 4) is 0 Å². The van der Waals surface area contributed by atoms with Crippen molar-refractivity contribution in [3.63, 3.8) is 0 Å². The summed E-state index contributed by atoms with van der Waals surface area (Å²) in [6.45, 7) is 2.99. The largest absolute Gasteiger partial charge is 0.390 e. The van der Waals surface area contributed by atoms with E-state index in [9.17, 15) is 5.11 Å². The summed E-state index contributed by atoms with van der Waals surface area (Å²) in [6, 6.07) is 17.8. The Labute approximate surface area is 132 Å². The van der Waals surface area contributed by atoms with Crippen LogP contribution < -0.4 is 11.6 Å². The number of aliphatic hydroxyl groups excluding tert-OH is 1. The quantitative estimate of drug-likeness (QED) is 0.536. The van der Waals surface area contributed by atoms with Gasteiger partial charge in [0, 0.05) is 19.1 Å². The Morgan fingerprint density at radius 1 is 1.00 bits per heavy atom. The second-order valence-corrected chi connectivity index (χ2v) is 5.84. The van der Waals surface area contributed by atoms with Gasteiger partial charge in [0.2, 0.25) is 0 Å². The number of hydrogen-bond donors (Lipinski definition) is 3. The van der Waals surface area contributed by atoms with Gasteiger partial charge in [-0.05, 0) is 24.5 Å². The van der Waals surface area contributed by atoms with Crippen molar-refractivity contribution in [1.82, 2.24) is 5.01 Å². The van der Waals surface area contributed by atoms with Gasteiger partial charge in [-0.3, -0.25) is 5.84 Å². The minimum absolute atomic E-state index is 0.327. The van der Waals surface area contributed by atoms with Crippen LogP contribution in [0.1, 0.15) is 16.7 Å². The Hall–Kier alpha value is -1.72. The van der Waals surface area contributed by atoms with Crippen LogP contribution in [0.25, 0.3) is 0 Å². The topological polar surface area (TPSA) is 75.5 Å². The van der Waals surface area contributed by atoms with Crippen LogP contribution in [0.15, 0.2) is 54.6 Å². The van der Waals surface area contributed by atoms with E-state index in [4.69, 9.17) is 11.6 Å². The van der Waals surface area contributed by atoms with E-state index in [2.05, 4.69) is 19.1 Å². The van der Waals surface area contributed by atoms with Crippen LogP contribution in [0.3, 0.4) is 0 Å². The Kier molecular flexibility index (Phi) is 6.10. The smallest absolute Gasteiger partial charge is 0.0835 e. The van der Waals surface area contributed by atoms with Gasteiger partial charge in [-0.2, -0.15) is 0 Å². The Morgan fingerprint density at radius 3 is 2.27 bits per heavy atom. The number of hydrogen-bond acceptors (Lipinski definition) is 4. The van der Waals surface area contributed by atoms with Crippen molar-refractivity contribution in [2.24, 2.45) is 11.6 Å². The maximum Gasteiger partial charge on any atom is 0.0835 e. The van der Waals surface area contributed by atoms with Crippen molar-refractivity contribution < 1.29 is 5.11 Å². The predicted octanol–water partition coefficient (Wildman–Crippen LogP) is 1.60. The number of hydrazine groups is 1. The minimum atomic E-state index is -0.657. The summed E-state index contributed by atoms with van der Waals surface area (Å²) in [5.41, 5.74) is 9.54. The third-order valence-electron chi connectivity index (χ3n) is 3.74. The van der Waals surface area contributed by atoms with Crippen molar-refractivity contribution >= 4 is 0 Å². The monoisotopic (exact) mass is 299 g/mol. The molecule has 0 aliphatic rings. The zero-order valence-electron chi connectivity index (χ0n) is 13.0. The molecule has 0 heterocycles. The average Bonchev–Trinajstić information content (AvgIpc) is 2.50. The van der Waals surface area contributed by atoms with Crippen LogP contribution in [0.4, 0.5) is 0 Å². The number of benzene rings is 2. The normalized spacial score (nSPS) is 14.0. The number of rotatable bonds is 7. The molecule has 2 rings (SSSR count). The molecule has 0 aliphatic heterocycles. The molecule has 0 radical (unpaired) electrons. The van der Waals surface area contributed by atoms with Gasteiger partial charge >= 0.3 is 0 Å². The summed E-state index contributed by atoms with van der Waals surface area (Å²) >= 11 is 0. The Morgan fingerprint density at radius 2 is 1.64 bits per heavy atom. The van der Waals surface area contributed by atoms with Gasteiger partial charge in [-0.1, -0.05) is 60.2 Å². The van der Waals surface area contributed by atoms with Crippen molar-refractivity contribution in [2.75, 3.05) is 6.54 Å². The zero-order valence-corrected chi connectivity index (χ0v) is 13.0. The number of aliphatic hydroxyl groups is 1. The van der Waals surface area contributed by atoms with E-state index >= 15 is 0 Å². The molecule has 0 amide bonds. The van der Waals surface area contributed by atoms with Crippen molar-refractivity contribution in [3.05, 3.63) is 71.3 Å². The highest BCUT2D eigenvalue weighted by Crippen LogP contribution is 2.08. The second kappa shape index (κ2) is 8.06. The highest BCUT2D eigenvalue weighted by atomic mass is 16.3. The molecular weight excluding hydrogens is 274 g/mol. The van der Waals surface area contributed by atoms with E-state index in [-0.39, 0.29) is 6.04 Å². The van der Waals surface area contributed by atoms with Crippen LogP contribution in [0.2, 0.25) is 0 Å². The summed E-state index contributed by atoms with van der Waals surface area (Å²) < 4.78 is 0. The first-order valence-electron chi connectivity index (χ1n) is 7.57. The fourth-order valence-corrected chi connectivity index (χ4v) is 2.39. The summed E-state index contributed by atoms with van der Waals surface area (Å²) in [4.78, 5) is 0. The summed E-state index contributed by atoms with van der Waals surface area (Å²) in [6.07, 6.45) is -0.0175. The molecule has 0 unspecified atom stereocenters. The molecule has 118 valence electrons. The van der Waals surface area contributed by atoms with Crippen molar-refractivity contribution in [2.45, 2.75) is 32.0 Å². The van der Waals surface area contributed by atoms with Gasteiger partial charge in [0.25, 0.3) is 0 Å². The summed E-state index contributed by atoms with van der Waals surface area (Å²) in [5, 5.41) is 11.8. The fourth-order valence-electron chi connectivity index (χ4n) is 2.39. The molecule has 4 nitrogen and oxygen atoms in total. The number of nitrogens with zero attached hydrogens (tertiary/aromatic N) is 1. The SMILES string of the molecule is Cc1ccc(CN(N)C[C@H](O)[C@@H](N)Cc2ccccc2)cc1. The standard InChI is InChI=1S/C18H25N3O/c1-14-7-9-16(10-8-14)12-21(20)13-18(22)17(19)11-15-5-3-2-4-6-15/h2-10,17-18,22H,11-13,19-20H2,1H3/t17-,18-/m0/s1. The van der Waals surface area contributed by atoms with Crippen LogP contribution >= 0.6 is 0 Å². The minimum Gasteiger partial charge on any atom is -0.390 e. The molecule has 2 aromatic carbocycles. The van der Waals surface area contributed by atoms with E-state index in [0.29, 0.717) is 19.5 Å². The fraction of sp³-hybridized carbons (Fsp3) is 0.333. The Bertz CT molecular complexity index is 556. The molecule has 22 heavy (non-hydrogen) atoms. The zero-order chi connectivity index (χ0) is 15.9. The van der Waals surface area contributed by atoms with Gasteiger partial charge in [-0.15, -0.1) is 0 Å². The van der Waals surface area contributed by atoms with Gasteiger partial charge in [0.1, 0.15) is 0 Å². The lowest BCUT2D eigenvalue weighted by Gasteiger charge is -2.24. The molecule has 0 aliphatic carbocycles. The number of aryl methyl sites for hydroxylation is 1. The molecule has 0 saturated heterocycles. The number of nitrogens with two attached hydrogens (primary N) is 2. The molecule has 0 fully saturated rings. The van der Waals surface area contributed by atoms with E-state index in [0.717, 1.165) is 11.1 Å². The molecule has 0 saturated carbocycles. The summed E-state index contributed by atoms with van der Waals surface area (Å²) in [5.74, 6) is 5.99. The molecule has 0 spiro atoms. The van der Waals surface area contributed by atoms with Gasteiger partial charge < -0.3 is 10.8 Å². The van der Waals surface area contributed by atoms with Crippen LogP contribution in [0, 0.1) is 6.92 Å². The average molecular weight is 299 g/mol. The lowest BCUT2D eigenvalue weighted by Crippen LogP contribution is -2.46. The molecular formula is C18H25N3O. The molecule has 2 atom stereocenters. The lowest BCUT2D eigenvalue weighted by molar-refractivity contribution is 0.0877. The highest BCUT2D eigenvalue weighted by molar-refractivity contribution is 5.21. The maximum absolute atomic E-state index is 10.2. The molecule has 4 heteroatoms. The predicted molar refractivity (Wildman–Crippen MR) is 89.9 cm³/mol. The van der Waals surface area contributed by atoms with Gasteiger partial charge in [-0.25, -0.2) is 5.01 Å². The summed E-state index contributed by atoms with van der Waals surface area (Å²) in [7, 11) is 0.